The van der Waals surface area contributed by atoms with Crippen LogP contribution in [0, 0.1) is 5.82 Å². The van der Waals surface area contributed by atoms with Gasteiger partial charge in [-0.2, -0.15) is 13.6 Å². The molecule has 17 nitrogen and oxygen atoms in total. The number of H-pyrrole nitrogens is 1. The van der Waals surface area contributed by atoms with Gasteiger partial charge in [-0.25, -0.2) is 22.5 Å². The molecule has 2 aromatic rings. The van der Waals surface area contributed by atoms with Crippen molar-refractivity contribution in [3.05, 3.63) is 22.4 Å². The van der Waals surface area contributed by atoms with E-state index in [4.69, 9.17) is 31.9 Å². The van der Waals surface area contributed by atoms with Crippen molar-refractivity contribution in [3.8, 4) is 0 Å². The van der Waals surface area contributed by atoms with Gasteiger partial charge in [0.2, 0.25) is 5.95 Å². The van der Waals surface area contributed by atoms with Crippen LogP contribution in [0.5, 0.6) is 0 Å². The average Bonchev–Trinajstić information content (AvgIpc) is 2.97. The zero-order valence-electron chi connectivity index (χ0n) is 18.9. The van der Waals surface area contributed by atoms with E-state index < -0.39 is 81.5 Å². The third-order valence-electron chi connectivity index (χ3n) is 4.30. The van der Waals surface area contributed by atoms with Crippen LogP contribution < -0.4 is 11.3 Å². The first-order chi connectivity index (χ1) is 16.5. The molecule has 0 fully saturated rings. The SMILES string of the molecule is CC(C)(OP(=O)(O)OP(=O)(O)OP(=O)(O)O)[C@H](O)O[C@@H](n1cc(F)c2c(=O)[nH]c(N)nc21)[C@@](C)(Cl)CF. The lowest BCUT2D eigenvalue weighted by molar-refractivity contribution is -0.237. The molecule has 2 aromatic heterocycles. The van der Waals surface area contributed by atoms with Crippen LogP contribution in [0.3, 0.4) is 0 Å². The fourth-order valence-corrected chi connectivity index (χ4v) is 6.28. The molecule has 8 N–H and O–H groups in total. The highest BCUT2D eigenvalue weighted by molar-refractivity contribution is 7.66. The molecule has 0 saturated carbocycles. The minimum atomic E-state index is -5.89. The largest absolute Gasteiger partial charge is 0.490 e. The molecule has 2 unspecified atom stereocenters. The molecule has 0 aliphatic rings. The molecule has 0 spiro atoms. The molecule has 5 atom stereocenters. The van der Waals surface area contributed by atoms with Crippen LogP contribution in [-0.4, -0.2) is 62.7 Å². The molecular formula is C14H22ClF2N4O13P3. The lowest BCUT2D eigenvalue weighted by Crippen LogP contribution is -2.46. The molecule has 0 amide bonds. The van der Waals surface area contributed by atoms with E-state index >= 15 is 0 Å². The van der Waals surface area contributed by atoms with Crippen molar-refractivity contribution in [1.82, 2.24) is 14.5 Å². The number of phosphoric acid groups is 3. The van der Waals surface area contributed by atoms with E-state index in [0.717, 1.165) is 20.8 Å². The maximum atomic E-state index is 14.5. The number of aliphatic hydroxyl groups is 1. The highest BCUT2D eigenvalue weighted by atomic mass is 35.5. The number of alkyl halides is 2. The van der Waals surface area contributed by atoms with Gasteiger partial charge < -0.3 is 39.7 Å². The number of ether oxygens (including phenoxy) is 1. The second-order valence-corrected chi connectivity index (χ2v) is 13.3. The number of halogens is 3. The van der Waals surface area contributed by atoms with E-state index in [0.29, 0.717) is 10.8 Å². The van der Waals surface area contributed by atoms with Crippen molar-refractivity contribution in [2.24, 2.45) is 0 Å². The third kappa shape index (κ3) is 8.10. The van der Waals surface area contributed by atoms with Crippen LogP contribution in [0.25, 0.3) is 11.0 Å². The third-order valence-corrected chi connectivity index (χ3v) is 8.62. The van der Waals surface area contributed by atoms with E-state index in [-0.39, 0.29) is 0 Å². The number of nitrogens with two attached hydrogens (primary N) is 1. The first kappa shape index (κ1) is 31.9. The summed E-state index contributed by atoms with van der Waals surface area (Å²) in [5.41, 5.74) is 1.58. The highest BCUT2D eigenvalue weighted by Gasteiger charge is 2.47. The van der Waals surface area contributed by atoms with E-state index in [1.165, 1.54) is 0 Å². The number of nitrogens with zero attached hydrogens (tertiary/aromatic N) is 2. The van der Waals surface area contributed by atoms with Crippen molar-refractivity contribution in [3.63, 3.8) is 0 Å². The second-order valence-electron chi connectivity index (χ2n) is 8.07. The van der Waals surface area contributed by atoms with Crippen LogP contribution in [0.1, 0.15) is 27.0 Å². The molecule has 2 rings (SSSR count). The molecule has 0 aromatic carbocycles. The topological polar surface area (TPSA) is 266 Å². The van der Waals surface area contributed by atoms with Crippen molar-refractivity contribution in [2.45, 2.75) is 43.8 Å². The van der Waals surface area contributed by atoms with Crippen LogP contribution in [-0.2, 0) is 31.6 Å². The van der Waals surface area contributed by atoms with Gasteiger partial charge in [-0.05, 0) is 20.8 Å². The summed E-state index contributed by atoms with van der Waals surface area (Å²) in [5, 5.41) is 9.95. The van der Waals surface area contributed by atoms with Crippen molar-refractivity contribution in [2.75, 3.05) is 12.4 Å². The quantitative estimate of drug-likeness (QED) is 0.100. The Hall–Kier alpha value is -1.30. The Morgan fingerprint density at radius 3 is 2.27 bits per heavy atom. The maximum Gasteiger partial charge on any atom is 0.490 e. The fourth-order valence-electron chi connectivity index (χ4n) is 2.80. The van der Waals surface area contributed by atoms with Gasteiger partial charge in [0.1, 0.15) is 22.5 Å². The van der Waals surface area contributed by atoms with Crippen LogP contribution in [0.15, 0.2) is 11.0 Å². The van der Waals surface area contributed by atoms with Crippen molar-refractivity contribution < 1.29 is 65.0 Å². The number of phosphoric ester groups is 1. The summed E-state index contributed by atoms with van der Waals surface area (Å²) in [7, 11) is -17.3. The minimum Gasteiger partial charge on any atom is -0.369 e. The summed E-state index contributed by atoms with van der Waals surface area (Å²) >= 11 is 6.16. The van der Waals surface area contributed by atoms with Gasteiger partial charge in [0.05, 0.1) is 0 Å². The Kier molecular flexibility index (Phi) is 9.23. The van der Waals surface area contributed by atoms with Gasteiger partial charge in [0.25, 0.3) is 5.56 Å². The van der Waals surface area contributed by atoms with Gasteiger partial charge in [-0.15, -0.1) is 11.6 Å². The molecule has 2 heterocycles. The summed E-state index contributed by atoms with van der Waals surface area (Å²) in [5.74, 6) is -1.63. The highest BCUT2D eigenvalue weighted by Crippen LogP contribution is 2.67. The first-order valence-electron chi connectivity index (χ1n) is 9.49. The van der Waals surface area contributed by atoms with Crippen LogP contribution in [0.2, 0.25) is 0 Å². The van der Waals surface area contributed by atoms with E-state index in [9.17, 15) is 42.2 Å². The monoisotopic (exact) mass is 620 g/mol. The zero-order chi connectivity index (χ0) is 28.8. The molecule has 0 radical (unpaired) electrons. The van der Waals surface area contributed by atoms with Crippen LogP contribution in [0.4, 0.5) is 14.7 Å². The minimum absolute atomic E-state index is 0.472. The smallest absolute Gasteiger partial charge is 0.369 e. The van der Waals surface area contributed by atoms with E-state index in [2.05, 4.69) is 18.1 Å². The lowest BCUT2D eigenvalue weighted by atomic mass is 10.1. The van der Waals surface area contributed by atoms with E-state index in [1.54, 1.807) is 0 Å². The van der Waals surface area contributed by atoms with Gasteiger partial charge in [-0.3, -0.25) is 14.3 Å². The Morgan fingerprint density at radius 1 is 1.19 bits per heavy atom. The Labute approximate surface area is 210 Å². The van der Waals surface area contributed by atoms with Crippen molar-refractivity contribution in [1.29, 1.82) is 0 Å². The molecule has 0 aliphatic heterocycles. The fraction of sp³-hybridized carbons (Fsp3) is 0.571. The predicted octanol–water partition coefficient (Wildman–Crippen LogP) is 1.37. The standard InChI is InChI=1S/C14H22ClF2N4O13P3/c1-13(2,32-36(27,28)34-37(29,30)33-35(24,25)26)11(23)31-10(14(3,15)5-16)21-4-6(17)7-8(21)19-12(18)20-9(7)22/h4,10-11,23H,5H2,1-3H3,(H,27,28)(H,29,30)(H2,24,25,26)(H3,18,19,20,22)/t10-,11-,14+/m1/s1. The molecule has 0 bridgehead atoms. The number of aromatic amines is 1. The molecular weight excluding hydrogens is 599 g/mol. The van der Waals surface area contributed by atoms with Crippen molar-refractivity contribution >= 4 is 52.1 Å². The Balaban J connectivity index is 2.42. The molecule has 212 valence electrons. The number of hydrogen-bond acceptors (Lipinski definition) is 11. The molecule has 0 aliphatic carbocycles. The number of aromatic nitrogens is 3. The summed E-state index contributed by atoms with van der Waals surface area (Å²) in [6, 6.07) is 0. The maximum absolute atomic E-state index is 14.5. The van der Waals surface area contributed by atoms with Gasteiger partial charge in [0.15, 0.2) is 24.0 Å². The number of aliphatic hydroxyl groups excluding tert-OH is 1. The number of nitrogen functional groups attached to an aromatic ring is 1. The summed E-state index contributed by atoms with van der Waals surface area (Å²) in [4.78, 5) is 52.0. The Morgan fingerprint density at radius 2 is 1.76 bits per heavy atom. The zero-order valence-corrected chi connectivity index (χ0v) is 22.3. The van der Waals surface area contributed by atoms with Gasteiger partial charge in [0, 0.05) is 6.20 Å². The normalized spacial score (nSPS) is 19.6. The van der Waals surface area contributed by atoms with Crippen LogP contribution >= 0.6 is 35.1 Å². The number of hydrogen-bond donors (Lipinski definition) is 7. The summed E-state index contributed by atoms with van der Waals surface area (Å²) in [6.07, 6.45) is -3.68. The lowest BCUT2D eigenvalue weighted by Gasteiger charge is -2.37. The molecule has 0 saturated heterocycles. The number of fused-ring (bicyclic) bond motifs is 1. The summed E-state index contributed by atoms with van der Waals surface area (Å²) in [6.45, 7) is 1.39. The summed E-state index contributed by atoms with van der Waals surface area (Å²) < 4.78 is 80.6. The average molecular weight is 621 g/mol. The predicted molar refractivity (Wildman–Crippen MR) is 120 cm³/mol. The number of nitrogens with one attached hydrogen (secondary N) is 1. The number of anilines is 1. The van der Waals surface area contributed by atoms with E-state index in [1.807, 2.05) is 4.98 Å². The molecule has 23 heteroatoms. The van der Waals surface area contributed by atoms with Gasteiger partial charge >= 0.3 is 23.5 Å². The number of rotatable bonds is 12. The second kappa shape index (κ2) is 10.7. The Bertz CT molecular complexity index is 1360. The first-order valence-corrected chi connectivity index (χ1v) is 14.4. The molecule has 37 heavy (non-hydrogen) atoms. The van der Waals surface area contributed by atoms with Gasteiger partial charge in [-0.1, -0.05) is 0 Å².